The number of likely N-dealkylation sites (N-methyl/N-ethyl adjacent to an activating group) is 1. The highest BCUT2D eigenvalue weighted by Crippen LogP contribution is 2.20. The van der Waals surface area contributed by atoms with Gasteiger partial charge in [0.05, 0.1) is 12.6 Å². The Hall–Kier alpha value is -1.82. The second-order valence-corrected chi connectivity index (χ2v) is 3.60. The zero-order chi connectivity index (χ0) is 12.3. The molecule has 1 aromatic heterocycles. The van der Waals surface area contributed by atoms with E-state index < -0.39 is 11.6 Å². The number of halogens is 2. The summed E-state index contributed by atoms with van der Waals surface area (Å²) in [5, 5.41) is 6.86. The molecule has 1 atom stereocenters. The van der Waals surface area contributed by atoms with Crippen LogP contribution in [-0.2, 0) is 6.54 Å². The molecule has 0 aliphatic rings. The summed E-state index contributed by atoms with van der Waals surface area (Å²) in [5.41, 5.74) is 0.281. The predicted molar refractivity (Wildman–Crippen MR) is 58.2 cm³/mol. The molecule has 0 fully saturated rings. The van der Waals surface area contributed by atoms with Crippen LogP contribution in [0.3, 0.4) is 0 Å². The third-order valence-corrected chi connectivity index (χ3v) is 2.54. The monoisotopic (exact) mass is 238 g/mol. The first-order valence-electron chi connectivity index (χ1n) is 5.16. The molecule has 0 amide bonds. The van der Waals surface area contributed by atoms with Crippen molar-refractivity contribution >= 4 is 0 Å². The third-order valence-electron chi connectivity index (χ3n) is 2.54. The molecular weight excluding hydrogens is 226 g/mol. The van der Waals surface area contributed by atoms with Gasteiger partial charge in [0.25, 0.3) is 0 Å². The Bertz CT molecular complexity index is 484. The van der Waals surface area contributed by atoms with Crippen molar-refractivity contribution in [2.24, 2.45) is 0 Å². The molecule has 0 aliphatic carbocycles. The van der Waals surface area contributed by atoms with Crippen LogP contribution in [0.1, 0.15) is 11.6 Å². The Labute approximate surface area is 97.3 Å². The van der Waals surface area contributed by atoms with Gasteiger partial charge in [0.1, 0.15) is 12.7 Å². The minimum Gasteiger partial charge on any atom is -0.311 e. The van der Waals surface area contributed by atoms with Crippen LogP contribution in [0.2, 0.25) is 0 Å². The molecule has 0 saturated carbocycles. The van der Waals surface area contributed by atoms with Gasteiger partial charge < -0.3 is 5.32 Å². The Balaban J connectivity index is 2.26. The Morgan fingerprint density at radius 3 is 2.88 bits per heavy atom. The average Bonchev–Trinajstić information content (AvgIpc) is 2.83. The standard InChI is InChI=1S/C11H12F2N4/c1-14-10(5-17-7-15-6-16-17)8-3-2-4-9(12)11(8)13/h2-4,6-7,10,14H,5H2,1H3. The van der Waals surface area contributed by atoms with Gasteiger partial charge in [-0.1, -0.05) is 12.1 Å². The van der Waals surface area contributed by atoms with E-state index in [1.807, 2.05) is 0 Å². The van der Waals surface area contributed by atoms with E-state index in [-0.39, 0.29) is 11.6 Å². The molecule has 6 heteroatoms. The maximum Gasteiger partial charge on any atom is 0.163 e. The second-order valence-electron chi connectivity index (χ2n) is 3.60. The molecule has 1 heterocycles. The van der Waals surface area contributed by atoms with Crippen LogP contribution in [0.4, 0.5) is 8.78 Å². The normalized spacial score (nSPS) is 12.6. The Morgan fingerprint density at radius 1 is 1.41 bits per heavy atom. The lowest BCUT2D eigenvalue weighted by Gasteiger charge is -2.17. The minimum absolute atomic E-state index is 0.281. The van der Waals surface area contributed by atoms with Crippen molar-refractivity contribution in [3.8, 4) is 0 Å². The van der Waals surface area contributed by atoms with Crippen molar-refractivity contribution in [3.05, 3.63) is 48.1 Å². The van der Waals surface area contributed by atoms with Crippen LogP contribution < -0.4 is 5.32 Å². The molecule has 0 saturated heterocycles. The van der Waals surface area contributed by atoms with Crippen molar-refractivity contribution in [3.63, 3.8) is 0 Å². The topological polar surface area (TPSA) is 42.7 Å². The molecule has 2 aromatic rings. The van der Waals surface area contributed by atoms with Crippen molar-refractivity contribution in [2.45, 2.75) is 12.6 Å². The minimum atomic E-state index is -0.846. The van der Waals surface area contributed by atoms with E-state index >= 15 is 0 Å². The first kappa shape index (κ1) is 11.7. The van der Waals surface area contributed by atoms with Crippen LogP contribution in [-0.4, -0.2) is 21.8 Å². The van der Waals surface area contributed by atoms with Gasteiger partial charge in [0, 0.05) is 5.56 Å². The largest absolute Gasteiger partial charge is 0.311 e. The highest BCUT2D eigenvalue weighted by Gasteiger charge is 2.17. The van der Waals surface area contributed by atoms with Gasteiger partial charge in [-0.15, -0.1) is 0 Å². The molecular formula is C11H12F2N4. The highest BCUT2D eigenvalue weighted by atomic mass is 19.2. The number of nitrogens with zero attached hydrogens (tertiary/aromatic N) is 3. The van der Waals surface area contributed by atoms with Gasteiger partial charge in [-0.3, -0.25) is 4.68 Å². The predicted octanol–water partition coefficient (Wildman–Crippen LogP) is 1.52. The van der Waals surface area contributed by atoms with E-state index in [0.29, 0.717) is 6.54 Å². The summed E-state index contributed by atoms with van der Waals surface area (Å²) >= 11 is 0. The van der Waals surface area contributed by atoms with Crippen molar-refractivity contribution in [2.75, 3.05) is 7.05 Å². The fraction of sp³-hybridized carbons (Fsp3) is 0.273. The molecule has 0 bridgehead atoms. The molecule has 2 rings (SSSR count). The van der Waals surface area contributed by atoms with Gasteiger partial charge in [0.15, 0.2) is 11.6 Å². The van der Waals surface area contributed by atoms with Gasteiger partial charge in [-0.2, -0.15) is 5.10 Å². The van der Waals surface area contributed by atoms with Crippen LogP contribution >= 0.6 is 0 Å². The molecule has 1 N–H and O–H groups in total. The van der Waals surface area contributed by atoms with E-state index in [2.05, 4.69) is 15.4 Å². The van der Waals surface area contributed by atoms with Gasteiger partial charge in [0.2, 0.25) is 0 Å². The Kier molecular flexibility index (Phi) is 3.43. The fourth-order valence-corrected chi connectivity index (χ4v) is 1.65. The molecule has 4 nitrogen and oxygen atoms in total. The molecule has 90 valence electrons. The molecule has 1 unspecified atom stereocenters. The zero-order valence-corrected chi connectivity index (χ0v) is 9.27. The number of aromatic nitrogens is 3. The summed E-state index contributed by atoms with van der Waals surface area (Å²) in [4.78, 5) is 3.80. The van der Waals surface area contributed by atoms with Crippen molar-refractivity contribution in [1.29, 1.82) is 0 Å². The highest BCUT2D eigenvalue weighted by molar-refractivity contribution is 5.22. The molecule has 0 spiro atoms. The van der Waals surface area contributed by atoms with E-state index in [0.717, 1.165) is 6.07 Å². The second kappa shape index (κ2) is 5.01. The maximum absolute atomic E-state index is 13.6. The zero-order valence-electron chi connectivity index (χ0n) is 9.27. The molecule has 1 aromatic carbocycles. The third kappa shape index (κ3) is 2.47. The smallest absolute Gasteiger partial charge is 0.163 e. The quantitative estimate of drug-likeness (QED) is 0.878. The number of rotatable bonds is 4. The SMILES string of the molecule is CNC(Cn1cncn1)c1cccc(F)c1F. The van der Waals surface area contributed by atoms with E-state index in [1.165, 1.54) is 18.7 Å². The van der Waals surface area contributed by atoms with Gasteiger partial charge >= 0.3 is 0 Å². The summed E-state index contributed by atoms with van der Waals surface area (Å²) < 4.78 is 28.3. The molecule has 17 heavy (non-hydrogen) atoms. The van der Waals surface area contributed by atoms with Crippen molar-refractivity contribution in [1.82, 2.24) is 20.1 Å². The fourth-order valence-electron chi connectivity index (χ4n) is 1.65. The van der Waals surface area contributed by atoms with Gasteiger partial charge in [-0.25, -0.2) is 13.8 Å². The summed E-state index contributed by atoms with van der Waals surface area (Å²) in [6.07, 6.45) is 2.93. The lowest BCUT2D eigenvalue weighted by Crippen LogP contribution is -2.23. The number of nitrogens with one attached hydrogen (secondary N) is 1. The maximum atomic E-state index is 13.6. The van der Waals surface area contributed by atoms with E-state index in [9.17, 15) is 8.78 Å². The molecule has 0 radical (unpaired) electrons. The van der Waals surface area contributed by atoms with Crippen LogP contribution in [0.25, 0.3) is 0 Å². The van der Waals surface area contributed by atoms with Crippen molar-refractivity contribution < 1.29 is 8.78 Å². The summed E-state index contributed by atoms with van der Waals surface area (Å²) in [6, 6.07) is 3.78. The lowest BCUT2D eigenvalue weighted by atomic mass is 10.1. The Morgan fingerprint density at radius 2 is 2.24 bits per heavy atom. The van der Waals surface area contributed by atoms with Gasteiger partial charge in [-0.05, 0) is 13.1 Å². The number of hydrogen-bond donors (Lipinski definition) is 1. The van der Waals surface area contributed by atoms with Crippen LogP contribution in [0.5, 0.6) is 0 Å². The van der Waals surface area contributed by atoms with Crippen LogP contribution in [0.15, 0.2) is 30.9 Å². The molecule has 0 aliphatic heterocycles. The first-order valence-corrected chi connectivity index (χ1v) is 5.16. The van der Waals surface area contributed by atoms with E-state index in [1.54, 1.807) is 17.8 Å². The number of benzene rings is 1. The first-order chi connectivity index (χ1) is 8.22. The average molecular weight is 238 g/mol. The summed E-state index contributed by atoms with van der Waals surface area (Å²) in [6.45, 7) is 0.386. The number of hydrogen-bond acceptors (Lipinski definition) is 3. The van der Waals surface area contributed by atoms with Crippen LogP contribution in [0, 0.1) is 11.6 Å². The summed E-state index contributed by atoms with van der Waals surface area (Å²) in [5.74, 6) is -1.67. The lowest BCUT2D eigenvalue weighted by molar-refractivity contribution is 0.430. The van der Waals surface area contributed by atoms with E-state index in [4.69, 9.17) is 0 Å². The summed E-state index contributed by atoms with van der Waals surface area (Å²) in [7, 11) is 1.69.